The van der Waals surface area contributed by atoms with Crippen molar-refractivity contribution in [1.82, 2.24) is 4.98 Å². The minimum absolute atomic E-state index is 0.331. The number of carbonyl (C=O) groups is 1. The van der Waals surface area contributed by atoms with E-state index in [-0.39, 0.29) is 0 Å². The van der Waals surface area contributed by atoms with Crippen LogP contribution in [0.1, 0.15) is 27.9 Å². The summed E-state index contributed by atoms with van der Waals surface area (Å²) in [5, 5.41) is 9.87. The van der Waals surface area contributed by atoms with Crippen LogP contribution < -0.4 is 4.90 Å². The normalized spacial score (nSPS) is 10.5. The van der Waals surface area contributed by atoms with E-state index in [1.54, 1.807) is 0 Å². The summed E-state index contributed by atoms with van der Waals surface area (Å²) in [6, 6.07) is 8.04. The Morgan fingerprint density at radius 1 is 1.47 bits per heavy atom. The molecule has 1 aromatic carbocycles. The molecule has 1 aromatic heterocycles. The van der Waals surface area contributed by atoms with Crippen LogP contribution in [0.3, 0.4) is 0 Å². The topological polar surface area (TPSA) is 53.4 Å². The molecule has 2 aromatic rings. The van der Waals surface area contributed by atoms with Crippen LogP contribution >= 0.6 is 11.3 Å². The molecule has 0 saturated carbocycles. The molecule has 0 aliphatic heterocycles. The average Bonchev–Trinajstić information content (AvgIpc) is 2.82. The Kier molecular flexibility index (Phi) is 3.85. The van der Waals surface area contributed by atoms with E-state index >= 15 is 0 Å². The Morgan fingerprint density at radius 2 is 2.21 bits per heavy atom. The number of rotatable bonds is 4. The Morgan fingerprint density at radius 3 is 2.74 bits per heavy atom. The summed E-state index contributed by atoms with van der Waals surface area (Å²) in [6.45, 7) is 3.94. The monoisotopic (exact) mass is 276 g/mol. The van der Waals surface area contributed by atoms with Gasteiger partial charge in [-0.2, -0.15) is 0 Å². The molecule has 1 heterocycles. The molecule has 2 rings (SSSR count). The zero-order chi connectivity index (χ0) is 14.0. The van der Waals surface area contributed by atoms with Crippen LogP contribution in [0.15, 0.2) is 24.3 Å². The third-order valence-electron chi connectivity index (χ3n) is 2.89. The Hall–Kier alpha value is -1.88. The molecule has 0 aliphatic carbocycles. The second-order valence-electron chi connectivity index (χ2n) is 4.33. The largest absolute Gasteiger partial charge is 0.477 e. The molecular formula is C14H16N2O2S. The van der Waals surface area contributed by atoms with Crippen molar-refractivity contribution < 1.29 is 9.90 Å². The molecule has 19 heavy (non-hydrogen) atoms. The number of hydrogen-bond donors (Lipinski definition) is 1. The number of benzene rings is 1. The molecule has 0 saturated heterocycles. The number of thiazole rings is 1. The predicted molar refractivity (Wildman–Crippen MR) is 77.7 cm³/mol. The minimum atomic E-state index is -0.904. The second kappa shape index (κ2) is 5.40. The summed E-state index contributed by atoms with van der Waals surface area (Å²) >= 11 is 1.22. The van der Waals surface area contributed by atoms with Gasteiger partial charge in [-0.3, -0.25) is 0 Å². The van der Waals surface area contributed by atoms with Gasteiger partial charge in [-0.25, -0.2) is 9.78 Å². The van der Waals surface area contributed by atoms with Crippen LogP contribution in [0.5, 0.6) is 0 Å². The number of aryl methyl sites for hydroxylation is 2. The average molecular weight is 276 g/mol. The lowest BCUT2D eigenvalue weighted by atomic mass is 10.2. The SMILES string of the molecule is CCc1nc(N(C)c2cccc(C)c2)sc1C(=O)O. The van der Waals surface area contributed by atoms with Crippen molar-refractivity contribution >= 4 is 28.1 Å². The van der Waals surface area contributed by atoms with Crippen molar-refractivity contribution in [3.63, 3.8) is 0 Å². The summed E-state index contributed by atoms with van der Waals surface area (Å²) < 4.78 is 0. The van der Waals surface area contributed by atoms with Crippen molar-refractivity contribution in [2.24, 2.45) is 0 Å². The molecule has 0 bridgehead atoms. The van der Waals surface area contributed by atoms with Gasteiger partial charge in [0.15, 0.2) is 5.13 Å². The van der Waals surface area contributed by atoms with Gasteiger partial charge in [-0.1, -0.05) is 30.4 Å². The molecule has 4 nitrogen and oxygen atoms in total. The molecule has 0 unspecified atom stereocenters. The van der Waals surface area contributed by atoms with E-state index < -0.39 is 5.97 Å². The van der Waals surface area contributed by atoms with Gasteiger partial charge in [0.25, 0.3) is 0 Å². The third kappa shape index (κ3) is 2.76. The minimum Gasteiger partial charge on any atom is -0.477 e. The predicted octanol–water partition coefficient (Wildman–Crippen LogP) is 3.48. The first-order valence-corrected chi connectivity index (χ1v) is 6.88. The van der Waals surface area contributed by atoms with Crippen LogP contribution in [0.4, 0.5) is 10.8 Å². The fourth-order valence-electron chi connectivity index (χ4n) is 1.84. The highest BCUT2D eigenvalue weighted by Gasteiger charge is 2.18. The highest BCUT2D eigenvalue weighted by molar-refractivity contribution is 7.17. The van der Waals surface area contributed by atoms with Gasteiger partial charge in [0.2, 0.25) is 0 Å². The number of carboxylic acid groups (broad SMARTS) is 1. The van der Waals surface area contributed by atoms with E-state index in [0.29, 0.717) is 22.1 Å². The molecule has 1 N–H and O–H groups in total. The van der Waals surface area contributed by atoms with Gasteiger partial charge < -0.3 is 10.0 Å². The molecule has 0 atom stereocenters. The molecule has 0 amide bonds. The van der Waals surface area contributed by atoms with Crippen molar-refractivity contribution in [3.8, 4) is 0 Å². The van der Waals surface area contributed by atoms with Crippen molar-refractivity contribution in [1.29, 1.82) is 0 Å². The van der Waals surface area contributed by atoms with Crippen molar-refractivity contribution in [3.05, 3.63) is 40.4 Å². The first kappa shape index (κ1) is 13.5. The molecule has 5 heteroatoms. The number of aromatic carboxylic acids is 1. The van der Waals surface area contributed by atoms with Crippen molar-refractivity contribution in [2.75, 3.05) is 11.9 Å². The van der Waals surface area contributed by atoms with Gasteiger partial charge in [0, 0.05) is 12.7 Å². The van der Waals surface area contributed by atoms with E-state index in [1.165, 1.54) is 11.3 Å². The number of hydrogen-bond acceptors (Lipinski definition) is 4. The fraction of sp³-hybridized carbons (Fsp3) is 0.286. The molecule has 0 radical (unpaired) electrons. The molecule has 0 fully saturated rings. The molecule has 0 spiro atoms. The van der Waals surface area contributed by atoms with E-state index in [9.17, 15) is 4.79 Å². The zero-order valence-corrected chi connectivity index (χ0v) is 12.0. The highest BCUT2D eigenvalue weighted by atomic mass is 32.1. The van der Waals surface area contributed by atoms with Crippen LogP contribution in [-0.2, 0) is 6.42 Å². The van der Waals surface area contributed by atoms with E-state index in [2.05, 4.69) is 4.98 Å². The van der Waals surface area contributed by atoms with E-state index in [0.717, 1.165) is 11.3 Å². The van der Waals surface area contributed by atoms with Crippen LogP contribution in [0.2, 0.25) is 0 Å². The zero-order valence-electron chi connectivity index (χ0n) is 11.2. The smallest absolute Gasteiger partial charge is 0.347 e. The molecule has 100 valence electrons. The summed E-state index contributed by atoms with van der Waals surface area (Å²) in [5.74, 6) is -0.904. The third-order valence-corrected chi connectivity index (χ3v) is 4.05. The first-order chi connectivity index (χ1) is 9.02. The first-order valence-electron chi connectivity index (χ1n) is 6.06. The van der Waals surface area contributed by atoms with Crippen molar-refractivity contribution in [2.45, 2.75) is 20.3 Å². The van der Waals surface area contributed by atoms with E-state index in [4.69, 9.17) is 5.11 Å². The second-order valence-corrected chi connectivity index (χ2v) is 5.31. The van der Waals surface area contributed by atoms with Gasteiger partial charge in [0.05, 0.1) is 5.69 Å². The molecular weight excluding hydrogens is 260 g/mol. The van der Waals surface area contributed by atoms with Gasteiger partial charge in [-0.05, 0) is 31.0 Å². The molecule has 0 aliphatic rings. The Bertz CT molecular complexity index is 607. The standard InChI is InChI=1S/C14H16N2O2S/c1-4-11-12(13(17)18)19-14(15-11)16(3)10-7-5-6-9(2)8-10/h5-8H,4H2,1-3H3,(H,17,18). The van der Waals surface area contributed by atoms with Gasteiger partial charge >= 0.3 is 5.97 Å². The van der Waals surface area contributed by atoms with E-state index in [1.807, 2.05) is 50.1 Å². The lowest BCUT2D eigenvalue weighted by Crippen LogP contribution is -2.09. The quantitative estimate of drug-likeness (QED) is 0.929. The summed E-state index contributed by atoms with van der Waals surface area (Å²) in [5.41, 5.74) is 2.82. The van der Waals surface area contributed by atoms with Crippen LogP contribution in [0, 0.1) is 6.92 Å². The number of carboxylic acids is 1. The number of nitrogens with zero attached hydrogens (tertiary/aromatic N) is 2. The summed E-state index contributed by atoms with van der Waals surface area (Å²) in [4.78, 5) is 17.8. The number of aromatic nitrogens is 1. The van der Waals surface area contributed by atoms with Gasteiger partial charge in [0.1, 0.15) is 4.88 Å². The Balaban J connectivity index is 2.39. The van der Waals surface area contributed by atoms with Crippen LogP contribution in [0.25, 0.3) is 0 Å². The number of anilines is 2. The summed E-state index contributed by atoms with van der Waals surface area (Å²) in [7, 11) is 1.90. The summed E-state index contributed by atoms with van der Waals surface area (Å²) in [6.07, 6.45) is 0.625. The van der Waals surface area contributed by atoms with Gasteiger partial charge in [-0.15, -0.1) is 0 Å². The lowest BCUT2D eigenvalue weighted by Gasteiger charge is -2.16. The highest BCUT2D eigenvalue weighted by Crippen LogP contribution is 2.31. The fourth-order valence-corrected chi connectivity index (χ4v) is 2.81. The lowest BCUT2D eigenvalue weighted by molar-refractivity contribution is 0.0701. The maximum atomic E-state index is 11.2. The maximum Gasteiger partial charge on any atom is 0.347 e. The van der Waals surface area contributed by atoms with Crippen LogP contribution in [-0.4, -0.2) is 23.1 Å². The Labute approximate surface area is 116 Å². The maximum absolute atomic E-state index is 11.2.